The zero-order valence-electron chi connectivity index (χ0n) is 12.0. The van der Waals surface area contributed by atoms with Gasteiger partial charge in [-0.2, -0.15) is 0 Å². The van der Waals surface area contributed by atoms with Crippen LogP contribution in [0.15, 0.2) is 36.4 Å². The van der Waals surface area contributed by atoms with Gasteiger partial charge in [-0.25, -0.2) is 0 Å². The summed E-state index contributed by atoms with van der Waals surface area (Å²) in [5.41, 5.74) is 10.2. The highest BCUT2D eigenvalue weighted by molar-refractivity contribution is 5.56. The summed E-state index contributed by atoms with van der Waals surface area (Å²) >= 11 is 0. The Labute approximate surface area is 115 Å². The minimum atomic E-state index is 0.418. The molecule has 2 aromatic rings. The van der Waals surface area contributed by atoms with Gasteiger partial charge < -0.3 is 10.5 Å². The maximum Gasteiger partial charge on any atom is 0.150 e. The average molecular weight is 255 g/mol. The van der Waals surface area contributed by atoms with Crippen LogP contribution in [0.5, 0.6) is 11.5 Å². The van der Waals surface area contributed by atoms with Gasteiger partial charge in [-0.15, -0.1) is 0 Å². The lowest BCUT2D eigenvalue weighted by atomic mass is 10.0. The van der Waals surface area contributed by atoms with Gasteiger partial charge in [0, 0.05) is 0 Å². The Morgan fingerprint density at radius 1 is 0.895 bits per heavy atom. The summed E-state index contributed by atoms with van der Waals surface area (Å²) in [5.74, 6) is 2.04. The van der Waals surface area contributed by atoms with Crippen LogP contribution in [0.1, 0.15) is 36.5 Å². The smallest absolute Gasteiger partial charge is 0.150 e. The Bertz CT molecular complexity index is 588. The van der Waals surface area contributed by atoms with Crippen LogP contribution in [0.3, 0.4) is 0 Å². The maximum atomic E-state index is 6.04. The number of anilines is 1. The van der Waals surface area contributed by atoms with E-state index in [4.69, 9.17) is 10.5 Å². The normalized spacial score (nSPS) is 10.8. The summed E-state index contributed by atoms with van der Waals surface area (Å²) in [6, 6.07) is 12.2. The molecule has 100 valence electrons. The van der Waals surface area contributed by atoms with Gasteiger partial charge in [0.25, 0.3) is 0 Å². The van der Waals surface area contributed by atoms with Gasteiger partial charge in [-0.05, 0) is 54.7 Å². The fourth-order valence-electron chi connectivity index (χ4n) is 2.06. The minimum absolute atomic E-state index is 0.418. The summed E-state index contributed by atoms with van der Waals surface area (Å²) in [7, 11) is 0. The van der Waals surface area contributed by atoms with E-state index >= 15 is 0 Å². The molecule has 0 atom stereocenters. The number of ether oxygens (including phenoxy) is 1. The van der Waals surface area contributed by atoms with Gasteiger partial charge in [0.2, 0.25) is 0 Å². The lowest BCUT2D eigenvalue weighted by Crippen LogP contribution is -1.97. The minimum Gasteiger partial charge on any atom is -0.455 e. The SMILES string of the molecule is Cc1ccc(N)c(Oc2cc(C)ccc2C(C)C)c1. The van der Waals surface area contributed by atoms with E-state index in [0.717, 1.165) is 17.1 Å². The molecule has 0 aliphatic heterocycles. The quantitative estimate of drug-likeness (QED) is 0.799. The summed E-state index contributed by atoms with van der Waals surface area (Å²) in [6.07, 6.45) is 0. The monoisotopic (exact) mass is 255 g/mol. The lowest BCUT2D eigenvalue weighted by Gasteiger charge is -2.16. The van der Waals surface area contributed by atoms with Crippen LogP contribution in [0.2, 0.25) is 0 Å². The van der Waals surface area contributed by atoms with Crippen LogP contribution in [0, 0.1) is 13.8 Å². The Kier molecular flexibility index (Phi) is 3.79. The van der Waals surface area contributed by atoms with E-state index < -0.39 is 0 Å². The molecule has 0 saturated carbocycles. The van der Waals surface area contributed by atoms with Crippen LogP contribution >= 0.6 is 0 Å². The van der Waals surface area contributed by atoms with Crippen molar-refractivity contribution in [3.8, 4) is 11.5 Å². The van der Waals surface area contributed by atoms with Gasteiger partial charge in [0.15, 0.2) is 5.75 Å². The highest BCUT2D eigenvalue weighted by atomic mass is 16.5. The molecule has 2 nitrogen and oxygen atoms in total. The van der Waals surface area contributed by atoms with Crippen molar-refractivity contribution in [3.63, 3.8) is 0 Å². The molecule has 2 heteroatoms. The van der Waals surface area contributed by atoms with Crippen LogP contribution in [0.25, 0.3) is 0 Å². The molecular weight excluding hydrogens is 234 g/mol. The molecule has 0 aliphatic carbocycles. The highest BCUT2D eigenvalue weighted by Crippen LogP contribution is 2.34. The summed E-state index contributed by atoms with van der Waals surface area (Å²) < 4.78 is 6.04. The van der Waals surface area contributed by atoms with Gasteiger partial charge >= 0.3 is 0 Å². The zero-order valence-corrected chi connectivity index (χ0v) is 12.0. The molecule has 2 N–H and O–H groups in total. The number of aryl methyl sites for hydroxylation is 2. The zero-order chi connectivity index (χ0) is 14.0. The van der Waals surface area contributed by atoms with Gasteiger partial charge in [0.1, 0.15) is 5.75 Å². The van der Waals surface area contributed by atoms with Crippen molar-refractivity contribution in [1.82, 2.24) is 0 Å². The largest absolute Gasteiger partial charge is 0.455 e. The standard InChI is InChI=1S/C17H21NO/c1-11(2)14-7-5-12(3)9-16(14)19-17-10-13(4)6-8-15(17)18/h5-11H,18H2,1-4H3. The molecule has 0 spiro atoms. The second-order valence-corrected chi connectivity index (χ2v) is 5.34. The van der Waals surface area contributed by atoms with Gasteiger partial charge in [-0.1, -0.05) is 32.0 Å². The summed E-state index contributed by atoms with van der Waals surface area (Å²) in [6.45, 7) is 8.43. The predicted octanol–water partition coefficient (Wildman–Crippen LogP) is 4.80. The number of benzene rings is 2. The molecule has 0 unspecified atom stereocenters. The third-order valence-electron chi connectivity index (χ3n) is 3.18. The summed E-state index contributed by atoms with van der Waals surface area (Å²) in [4.78, 5) is 0. The first-order chi connectivity index (χ1) is 8.97. The highest BCUT2D eigenvalue weighted by Gasteiger charge is 2.10. The van der Waals surface area contributed by atoms with E-state index in [1.807, 2.05) is 25.1 Å². The van der Waals surface area contributed by atoms with E-state index in [9.17, 15) is 0 Å². The number of hydrogen-bond acceptors (Lipinski definition) is 2. The third-order valence-corrected chi connectivity index (χ3v) is 3.18. The van der Waals surface area contributed by atoms with Crippen molar-refractivity contribution >= 4 is 5.69 Å². The van der Waals surface area contributed by atoms with Crippen LogP contribution in [-0.4, -0.2) is 0 Å². The topological polar surface area (TPSA) is 35.2 Å². The van der Waals surface area contributed by atoms with Gasteiger partial charge in [-0.3, -0.25) is 0 Å². The molecule has 0 saturated heterocycles. The third kappa shape index (κ3) is 3.08. The average Bonchev–Trinajstić information content (AvgIpc) is 2.33. The Balaban J connectivity index is 2.42. The van der Waals surface area contributed by atoms with E-state index in [1.54, 1.807) is 0 Å². The first-order valence-electron chi connectivity index (χ1n) is 6.62. The van der Waals surface area contributed by atoms with E-state index in [0.29, 0.717) is 11.6 Å². The molecule has 0 aromatic heterocycles. The first-order valence-corrected chi connectivity index (χ1v) is 6.62. The number of nitrogen functional groups attached to an aromatic ring is 1. The number of rotatable bonds is 3. The molecule has 0 bridgehead atoms. The Morgan fingerprint density at radius 3 is 2.11 bits per heavy atom. The molecule has 0 amide bonds. The van der Waals surface area contributed by atoms with Crippen molar-refractivity contribution in [3.05, 3.63) is 53.1 Å². The molecule has 0 aliphatic rings. The second kappa shape index (κ2) is 5.35. The maximum absolute atomic E-state index is 6.04. The molecule has 2 aromatic carbocycles. The lowest BCUT2D eigenvalue weighted by molar-refractivity contribution is 0.474. The molecule has 0 radical (unpaired) electrons. The molecule has 2 rings (SSSR count). The number of hydrogen-bond donors (Lipinski definition) is 1. The van der Waals surface area contributed by atoms with Gasteiger partial charge in [0.05, 0.1) is 5.69 Å². The van der Waals surface area contributed by atoms with Crippen molar-refractivity contribution in [2.24, 2.45) is 0 Å². The van der Waals surface area contributed by atoms with E-state index in [-0.39, 0.29) is 0 Å². The fourth-order valence-corrected chi connectivity index (χ4v) is 2.06. The first kappa shape index (κ1) is 13.5. The summed E-state index contributed by atoms with van der Waals surface area (Å²) in [5, 5.41) is 0. The van der Waals surface area contributed by atoms with E-state index in [1.165, 1.54) is 11.1 Å². The van der Waals surface area contributed by atoms with E-state index in [2.05, 4.69) is 39.0 Å². The van der Waals surface area contributed by atoms with Crippen LogP contribution in [0.4, 0.5) is 5.69 Å². The molecule has 0 fully saturated rings. The van der Waals surface area contributed by atoms with Crippen LogP contribution in [-0.2, 0) is 0 Å². The van der Waals surface area contributed by atoms with Crippen molar-refractivity contribution in [2.45, 2.75) is 33.6 Å². The van der Waals surface area contributed by atoms with Crippen LogP contribution < -0.4 is 10.5 Å². The number of nitrogens with two attached hydrogens (primary N) is 1. The van der Waals surface area contributed by atoms with Crippen molar-refractivity contribution in [1.29, 1.82) is 0 Å². The molecular formula is C17H21NO. The van der Waals surface area contributed by atoms with Crippen molar-refractivity contribution in [2.75, 3.05) is 5.73 Å². The molecule has 19 heavy (non-hydrogen) atoms. The Hall–Kier alpha value is -1.96. The Morgan fingerprint density at radius 2 is 1.47 bits per heavy atom. The second-order valence-electron chi connectivity index (χ2n) is 5.34. The predicted molar refractivity (Wildman–Crippen MR) is 80.9 cm³/mol. The fraction of sp³-hybridized carbons (Fsp3) is 0.294. The molecule has 0 heterocycles. The van der Waals surface area contributed by atoms with Crippen molar-refractivity contribution < 1.29 is 4.74 Å².